The Labute approximate surface area is 398 Å². The molecule has 0 amide bonds. The Morgan fingerprint density at radius 1 is 0.672 bits per heavy atom. The quantitative estimate of drug-likeness (QED) is 0.0433. The maximum atomic E-state index is 12.9. The second-order valence-electron chi connectivity index (χ2n) is 16.8. The predicted molar refractivity (Wildman–Crippen MR) is 250 cm³/mol. The lowest BCUT2D eigenvalue weighted by Gasteiger charge is -2.22. The number of thiophene rings is 2. The molecule has 2 aromatic heterocycles. The molecule has 0 unspecified atom stereocenters. The van der Waals surface area contributed by atoms with Crippen molar-refractivity contribution in [2.45, 2.75) is 98.8 Å². The molecule has 0 spiro atoms. The number of allylic oxidation sites excluding steroid dienone is 3. The number of nitrogens with zero attached hydrogens (tertiary/aromatic N) is 2. The van der Waals surface area contributed by atoms with Crippen LogP contribution < -0.4 is 44.3 Å². The number of benzene rings is 2. The minimum Gasteiger partial charge on any atom is -1.00 e. The third kappa shape index (κ3) is 9.41. The van der Waals surface area contributed by atoms with Crippen molar-refractivity contribution in [3.05, 3.63) is 124 Å². The van der Waals surface area contributed by atoms with E-state index in [0.29, 0.717) is 40.5 Å². The van der Waals surface area contributed by atoms with Gasteiger partial charge in [-0.2, -0.15) is 9.15 Å². The van der Waals surface area contributed by atoms with Crippen molar-refractivity contribution in [3.8, 4) is 27.7 Å². The van der Waals surface area contributed by atoms with E-state index in [9.17, 15) is 29.1 Å². The first-order chi connectivity index (χ1) is 29.9. The van der Waals surface area contributed by atoms with E-state index >= 15 is 0 Å². The largest absolute Gasteiger partial charge is 1.00 e. The summed E-state index contributed by atoms with van der Waals surface area (Å²) in [5.41, 5.74) is 5.99. The third-order valence-corrected chi connectivity index (χ3v) is 14.1. The number of aliphatic hydroxyl groups is 1. The maximum absolute atomic E-state index is 12.9. The highest BCUT2D eigenvalue weighted by Crippen LogP contribution is 2.45. The van der Waals surface area contributed by atoms with Gasteiger partial charge in [-0.05, 0) is 90.1 Å². The zero-order valence-corrected chi connectivity index (χ0v) is 41.4. The molecule has 0 radical (unpaired) electrons. The van der Waals surface area contributed by atoms with Crippen LogP contribution in [0.3, 0.4) is 0 Å². The van der Waals surface area contributed by atoms with Crippen molar-refractivity contribution in [1.29, 1.82) is 0 Å². The van der Waals surface area contributed by atoms with Crippen LogP contribution in [0.4, 0.5) is 11.4 Å². The number of hydrogen-bond donors (Lipinski definition) is 2. The van der Waals surface area contributed by atoms with Crippen LogP contribution >= 0.6 is 22.7 Å². The second-order valence-corrected chi connectivity index (χ2v) is 19.4. The van der Waals surface area contributed by atoms with E-state index in [1.807, 2.05) is 62.4 Å². The Bertz CT molecular complexity index is 2830. The number of ketones is 1. The van der Waals surface area contributed by atoms with Crippen LogP contribution in [0, 0.1) is 13.8 Å². The Hall–Kier alpha value is -5.32. The Morgan fingerprint density at radius 2 is 1.17 bits per heavy atom. The van der Waals surface area contributed by atoms with Gasteiger partial charge in [0.2, 0.25) is 22.6 Å². The zero-order valence-electron chi connectivity index (χ0n) is 37.6. The fourth-order valence-corrected chi connectivity index (χ4v) is 9.99. The molecule has 0 saturated heterocycles. The molecule has 336 valence electrons. The molecule has 64 heavy (non-hydrogen) atoms. The molecule has 2 N–H and O–H groups in total. The van der Waals surface area contributed by atoms with Crippen molar-refractivity contribution in [2.75, 3.05) is 13.1 Å². The summed E-state index contributed by atoms with van der Waals surface area (Å²) < 4.78 is 14.6. The monoisotopic (exact) mass is 1020 g/mol. The van der Waals surface area contributed by atoms with Gasteiger partial charge >= 0.3 is 0 Å². The summed E-state index contributed by atoms with van der Waals surface area (Å²) in [6, 6.07) is 18.9. The van der Waals surface area contributed by atoms with E-state index in [1.165, 1.54) is 52.5 Å². The number of aliphatic hydroxyl groups excluding tert-OH is 1. The number of unbranched alkanes of at least 4 members (excludes halogenated alkanes) is 2. The average Bonchev–Trinajstić information content (AvgIpc) is 3.98. The number of carbonyl (C=O) groups excluding carboxylic acids is 3. The molecule has 3 aromatic carbocycles. The summed E-state index contributed by atoms with van der Waals surface area (Å²) in [6.45, 7) is 21.8. The highest BCUT2D eigenvalue weighted by Gasteiger charge is 2.47. The molecule has 1 aliphatic carbocycles. The van der Waals surface area contributed by atoms with E-state index in [4.69, 9.17) is 14.6 Å². The van der Waals surface area contributed by atoms with E-state index < -0.39 is 22.0 Å². The van der Waals surface area contributed by atoms with Crippen molar-refractivity contribution in [1.82, 2.24) is 0 Å². The van der Waals surface area contributed by atoms with Gasteiger partial charge < -0.3 is 43.7 Å². The van der Waals surface area contributed by atoms with E-state index in [2.05, 4.69) is 63.7 Å². The van der Waals surface area contributed by atoms with E-state index in [1.54, 1.807) is 12.1 Å². The predicted octanol–water partition coefficient (Wildman–Crippen LogP) is 6.69. The number of ether oxygens (including phenoxy) is 2. The molecule has 2 aliphatic heterocycles. The Balaban J connectivity index is 0.000000198. The average molecular weight is 1020 g/mol. The summed E-state index contributed by atoms with van der Waals surface area (Å²) in [4.78, 5) is 59.5. The number of carbonyl (C=O) groups is 3. The maximum Gasteiger partial charge on any atom is 0.298 e. The first-order valence-electron chi connectivity index (χ1n) is 21.0. The van der Waals surface area contributed by atoms with Gasteiger partial charge in [-0.25, -0.2) is 0 Å². The molecule has 14 heteroatoms. The van der Waals surface area contributed by atoms with Crippen LogP contribution in [0.5, 0.6) is 17.2 Å². The number of aryl methyl sites for hydroxylation is 2. The number of fused-ring (bicyclic) bond motifs is 2. The molecular formula is C50H54IN2O9S2+. The van der Waals surface area contributed by atoms with E-state index in [0.717, 1.165) is 57.5 Å². The van der Waals surface area contributed by atoms with Gasteiger partial charge in [0.15, 0.2) is 17.2 Å². The van der Waals surface area contributed by atoms with Gasteiger partial charge in [0.25, 0.3) is 18.4 Å². The van der Waals surface area contributed by atoms with Gasteiger partial charge in [0, 0.05) is 68.6 Å². The van der Waals surface area contributed by atoms with Gasteiger partial charge in [0.1, 0.15) is 30.3 Å². The minimum atomic E-state index is -0.777. The fourth-order valence-electron chi connectivity index (χ4n) is 8.17. The van der Waals surface area contributed by atoms with Crippen LogP contribution in [0.2, 0.25) is 0 Å². The number of Topliss-reactive ketones (excluding diaryl/α,β-unsaturated/α-hetero) is 1. The first kappa shape index (κ1) is 49.7. The van der Waals surface area contributed by atoms with Crippen LogP contribution in [0.25, 0.3) is 16.0 Å². The molecule has 0 bridgehead atoms. The smallest absolute Gasteiger partial charge is 0.298 e. The van der Waals surface area contributed by atoms with Crippen LogP contribution in [0.1, 0.15) is 99.9 Å². The summed E-state index contributed by atoms with van der Waals surface area (Å²) in [5, 5.41) is 19.9. The van der Waals surface area contributed by atoms with Crippen LogP contribution in [-0.4, -0.2) is 62.6 Å². The molecule has 0 atom stereocenters. The SMILES string of the molecule is CCCC[N+]1=C(/C=C2/C(=O)C(c3ccc(C)s3)=C2O)C(C)(C)c2cc(OC=O)ccc21.CCCC[N+]1=C(C)C(C)(C)c2cc(OC=O)ccc21.Cc1ccc(-c2c(O)c(=O)c2=O)s1.[I-]. The lowest BCUT2D eigenvalue weighted by atomic mass is 9.78. The number of rotatable bonds is 13. The first-order valence-corrected chi connectivity index (χ1v) is 22.7. The van der Waals surface area contributed by atoms with Gasteiger partial charge in [-0.3, -0.25) is 24.0 Å². The number of halogens is 1. The fraction of sp³-hybridized carbons (Fsp3) is 0.340. The van der Waals surface area contributed by atoms with Crippen molar-refractivity contribution in [3.63, 3.8) is 0 Å². The Kier molecular flexibility index (Phi) is 15.7. The van der Waals surface area contributed by atoms with Crippen molar-refractivity contribution in [2.24, 2.45) is 0 Å². The summed E-state index contributed by atoms with van der Waals surface area (Å²) in [7, 11) is 0. The third-order valence-electron chi connectivity index (χ3n) is 12.0. The summed E-state index contributed by atoms with van der Waals surface area (Å²) in [5.74, 6) is 0.647. The molecular weight excluding hydrogens is 964 g/mol. The van der Waals surface area contributed by atoms with Gasteiger partial charge in [0.05, 0.1) is 27.5 Å². The normalized spacial score (nSPS) is 16.0. The molecule has 4 heterocycles. The van der Waals surface area contributed by atoms with Gasteiger partial charge in [-0.1, -0.05) is 26.7 Å². The van der Waals surface area contributed by atoms with Crippen LogP contribution in [0.15, 0.2) is 87.7 Å². The van der Waals surface area contributed by atoms with Gasteiger partial charge in [-0.15, -0.1) is 22.7 Å². The standard InChI is InChI=1S/C25H25NO4S.C16H22NO2.C9H6O3S.HI/c1-5-6-11-26-19-9-8-16(30-14-27)12-18(19)25(3,4)21(26)13-17-23(28)22(24(17)29)20-10-7-15(2)31-20;1-5-6-9-17-12(2)16(3,4)14-10-13(19-11-18)7-8-15(14)17;1-4-2-3-5(13-4)6-7(10)9(12)8(6)11;/h7-10,12-14H,5-6,11H2,1-4H3;7-8,10-11H,5-6,9H2,1-4H3;2-3,10H,1H3;1H/q;+1;;. The molecule has 0 saturated carbocycles. The molecule has 0 fully saturated rings. The minimum absolute atomic E-state index is 0. The highest BCUT2D eigenvalue weighted by atomic mass is 127. The second kappa shape index (κ2) is 20.2. The van der Waals surface area contributed by atoms with Crippen LogP contribution in [-0.2, 0) is 25.2 Å². The molecule has 5 aromatic rings. The van der Waals surface area contributed by atoms with Crippen molar-refractivity contribution < 1.29 is 67.2 Å². The van der Waals surface area contributed by atoms with E-state index in [-0.39, 0.29) is 46.5 Å². The lowest BCUT2D eigenvalue weighted by molar-refractivity contribution is -0.439. The van der Waals surface area contributed by atoms with Crippen molar-refractivity contribution >= 4 is 69.8 Å². The molecule has 11 nitrogen and oxygen atoms in total. The molecule has 8 rings (SSSR count). The highest BCUT2D eigenvalue weighted by molar-refractivity contribution is 7.15. The number of aromatic hydroxyl groups is 1. The summed E-state index contributed by atoms with van der Waals surface area (Å²) in [6.07, 6.45) is 6.22. The Morgan fingerprint density at radius 3 is 1.64 bits per heavy atom. The summed E-state index contributed by atoms with van der Waals surface area (Å²) >= 11 is 2.90. The topological polar surface area (TPSA) is 150 Å². The lowest BCUT2D eigenvalue weighted by Crippen LogP contribution is -3.00. The molecule has 3 aliphatic rings. The number of hydrogen-bond acceptors (Lipinski definition) is 11. The zero-order chi connectivity index (χ0) is 46.0.